The SMILES string of the molecule is OCCCc1cc[n+](Cc2ccccc2)cc1.[Br-]. The van der Waals surface area contributed by atoms with Crippen LogP contribution < -0.4 is 21.5 Å². The average molecular weight is 308 g/mol. The molecule has 0 amide bonds. The van der Waals surface area contributed by atoms with Gasteiger partial charge in [-0.2, -0.15) is 0 Å². The molecule has 0 aliphatic carbocycles. The third kappa shape index (κ3) is 4.59. The number of pyridine rings is 1. The molecule has 0 radical (unpaired) electrons. The highest BCUT2D eigenvalue weighted by Crippen LogP contribution is 2.01. The van der Waals surface area contributed by atoms with Gasteiger partial charge in [0.25, 0.3) is 0 Å². The fourth-order valence-corrected chi connectivity index (χ4v) is 1.84. The molecule has 0 unspecified atom stereocenters. The van der Waals surface area contributed by atoms with Gasteiger partial charge < -0.3 is 22.1 Å². The van der Waals surface area contributed by atoms with Gasteiger partial charge in [-0.3, -0.25) is 0 Å². The zero-order valence-electron chi connectivity index (χ0n) is 10.3. The maximum Gasteiger partial charge on any atom is 0.173 e. The Morgan fingerprint density at radius 2 is 1.56 bits per heavy atom. The molecule has 0 bridgehead atoms. The van der Waals surface area contributed by atoms with Crippen LogP contribution in [0.5, 0.6) is 0 Å². The third-order valence-corrected chi connectivity index (χ3v) is 2.79. The normalized spacial score (nSPS) is 9.83. The Morgan fingerprint density at radius 1 is 0.889 bits per heavy atom. The summed E-state index contributed by atoms with van der Waals surface area (Å²) in [6.45, 7) is 1.17. The van der Waals surface area contributed by atoms with E-state index in [4.69, 9.17) is 5.11 Å². The van der Waals surface area contributed by atoms with Gasteiger partial charge in [0, 0.05) is 24.3 Å². The van der Waals surface area contributed by atoms with Crippen LogP contribution >= 0.6 is 0 Å². The van der Waals surface area contributed by atoms with Crippen molar-refractivity contribution in [3.63, 3.8) is 0 Å². The second-order valence-corrected chi connectivity index (χ2v) is 4.19. The Kier molecular flexibility index (Phi) is 6.61. The summed E-state index contributed by atoms with van der Waals surface area (Å²) in [5.41, 5.74) is 2.59. The van der Waals surface area contributed by atoms with E-state index < -0.39 is 0 Å². The molecule has 0 spiro atoms. The number of aliphatic hydroxyl groups excluding tert-OH is 1. The third-order valence-electron chi connectivity index (χ3n) is 2.79. The van der Waals surface area contributed by atoms with E-state index in [1.54, 1.807) is 0 Å². The summed E-state index contributed by atoms with van der Waals surface area (Å²) in [5, 5.41) is 8.77. The first kappa shape index (κ1) is 14.9. The number of aryl methyl sites for hydroxylation is 1. The van der Waals surface area contributed by atoms with Crippen molar-refractivity contribution in [1.82, 2.24) is 0 Å². The highest BCUT2D eigenvalue weighted by molar-refractivity contribution is 5.13. The number of halogens is 1. The van der Waals surface area contributed by atoms with E-state index in [1.165, 1.54) is 11.1 Å². The number of hydrogen-bond donors (Lipinski definition) is 1. The van der Waals surface area contributed by atoms with Crippen molar-refractivity contribution >= 4 is 0 Å². The van der Waals surface area contributed by atoms with Crippen molar-refractivity contribution in [2.24, 2.45) is 0 Å². The molecule has 2 nitrogen and oxygen atoms in total. The highest BCUT2D eigenvalue weighted by atomic mass is 79.9. The van der Waals surface area contributed by atoms with E-state index in [0.29, 0.717) is 0 Å². The predicted octanol–water partition coefficient (Wildman–Crippen LogP) is -1.05. The Labute approximate surface area is 119 Å². The average Bonchev–Trinajstić information content (AvgIpc) is 2.39. The number of benzene rings is 1. The van der Waals surface area contributed by atoms with Gasteiger partial charge in [0.05, 0.1) is 0 Å². The van der Waals surface area contributed by atoms with Crippen LogP contribution in [0.3, 0.4) is 0 Å². The van der Waals surface area contributed by atoms with Crippen LogP contribution in [0, 0.1) is 0 Å². The predicted molar refractivity (Wildman–Crippen MR) is 67.6 cm³/mol. The van der Waals surface area contributed by atoms with Crippen LogP contribution in [0.15, 0.2) is 54.9 Å². The summed E-state index contributed by atoms with van der Waals surface area (Å²) in [7, 11) is 0. The van der Waals surface area contributed by atoms with Crippen molar-refractivity contribution in [2.75, 3.05) is 6.61 Å². The molecular formula is C15H18BrNO. The Morgan fingerprint density at radius 3 is 2.17 bits per heavy atom. The first-order chi connectivity index (χ1) is 8.38. The molecule has 1 aromatic heterocycles. The van der Waals surface area contributed by atoms with Crippen molar-refractivity contribution in [2.45, 2.75) is 19.4 Å². The zero-order chi connectivity index (χ0) is 11.9. The highest BCUT2D eigenvalue weighted by Gasteiger charge is 2.02. The van der Waals surface area contributed by atoms with Gasteiger partial charge in [-0.05, 0) is 18.4 Å². The van der Waals surface area contributed by atoms with E-state index in [2.05, 4.69) is 53.4 Å². The molecule has 1 heterocycles. The van der Waals surface area contributed by atoms with Crippen molar-refractivity contribution in [3.05, 3.63) is 66.0 Å². The van der Waals surface area contributed by atoms with Crippen LogP contribution in [0.25, 0.3) is 0 Å². The lowest BCUT2D eigenvalue weighted by molar-refractivity contribution is -0.688. The number of hydrogen-bond acceptors (Lipinski definition) is 1. The van der Waals surface area contributed by atoms with Crippen molar-refractivity contribution in [1.29, 1.82) is 0 Å². The van der Waals surface area contributed by atoms with Gasteiger partial charge in [-0.15, -0.1) is 0 Å². The lowest BCUT2D eigenvalue weighted by atomic mass is 10.1. The first-order valence-corrected chi connectivity index (χ1v) is 6.01. The summed E-state index contributed by atoms with van der Waals surface area (Å²) in [4.78, 5) is 0. The molecule has 0 atom stereocenters. The molecule has 0 saturated carbocycles. The van der Waals surface area contributed by atoms with E-state index in [1.807, 2.05) is 6.07 Å². The molecule has 3 heteroatoms. The number of nitrogens with zero attached hydrogens (tertiary/aromatic N) is 1. The molecule has 96 valence electrons. The van der Waals surface area contributed by atoms with E-state index >= 15 is 0 Å². The second kappa shape index (κ2) is 8.01. The van der Waals surface area contributed by atoms with E-state index in [0.717, 1.165) is 19.4 Å². The fourth-order valence-electron chi connectivity index (χ4n) is 1.84. The molecule has 2 rings (SSSR count). The molecule has 0 aliphatic heterocycles. The largest absolute Gasteiger partial charge is 1.00 e. The van der Waals surface area contributed by atoms with Gasteiger partial charge in [-0.1, -0.05) is 30.3 Å². The van der Waals surface area contributed by atoms with Crippen LogP contribution in [0.1, 0.15) is 17.5 Å². The Hall–Kier alpha value is -1.19. The Balaban J connectivity index is 0.00000162. The lowest BCUT2D eigenvalue weighted by Gasteiger charge is -2.00. The summed E-state index contributed by atoms with van der Waals surface area (Å²) >= 11 is 0. The van der Waals surface area contributed by atoms with E-state index in [9.17, 15) is 0 Å². The summed E-state index contributed by atoms with van der Waals surface area (Å²) < 4.78 is 2.16. The standard InChI is InChI=1S/C15H18NO.BrH/c17-12-4-7-14-8-10-16(11-9-14)13-15-5-2-1-3-6-15;/h1-3,5-6,8-11,17H,4,7,12-13H2;1H/q+1;/p-1. The lowest BCUT2D eigenvalue weighted by Crippen LogP contribution is -3.00. The number of rotatable bonds is 5. The van der Waals surface area contributed by atoms with Gasteiger partial charge in [0.1, 0.15) is 0 Å². The first-order valence-electron chi connectivity index (χ1n) is 6.01. The van der Waals surface area contributed by atoms with Crippen molar-refractivity contribution in [3.8, 4) is 0 Å². The minimum absolute atomic E-state index is 0. The van der Waals surface area contributed by atoms with Crippen LogP contribution in [0.2, 0.25) is 0 Å². The molecular weight excluding hydrogens is 290 g/mol. The molecule has 1 aromatic carbocycles. The van der Waals surface area contributed by atoms with Crippen LogP contribution in [-0.2, 0) is 13.0 Å². The van der Waals surface area contributed by atoms with Crippen LogP contribution in [-0.4, -0.2) is 11.7 Å². The van der Waals surface area contributed by atoms with Crippen molar-refractivity contribution < 1.29 is 26.7 Å². The molecule has 18 heavy (non-hydrogen) atoms. The summed E-state index contributed by atoms with van der Waals surface area (Å²) in [6, 6.07) is 14.7. The monoisotopic (exact) mass is 307 g/mol. The van der Waals surface area contributed by atoms with Gasteiger partial charge >= 0.3 is 0 Å². The smallest absolute Gasteiger partial charge is 0.173 e. The number of aliphatic hydroxyl groups is 1. The molecule has 0 saturated heterocycles. The molecule has 0 fully saturated rings. The summed E-state index contributed by atoms with van der Waals surface area (Å²) in [5.74, 6) is 0. The van der Waals surface area contributed by atoms with Gasteiger partial charge in [0.2, 0.25) is 0 Å². The minimum Gasteiger partial charge on any atom is -1.00 e. The molecule has 0 aliphatic rings. The maximum absolute atomic E-state index is 8.77. The van der Waals surface area contributed by atoms with Gasteiger partial charge in [0.15, 0.2) is 18.9 Å². The molecule has 2 aromatic rings. The quantitative estimate of drug-likeness (QED) is 0.701. The Bertz CT molecular complexity index is 442. The summed E-state index contributed by atoms with van der Waals surface area (Å²) in [6.07, 6.45) is 5.98. The fraction of sp³-hybridized carbons (Fsp3) is 0.267. The maximum atomic E-state index is 8.77. The number of aromatic nitrogens is 1. The van der Waals surface area contributed by atoms with E-state index in [-0.39, 0.29) is 23.6 Å². The van der Waals surface area contributed by atoms with Crippen LogP contribution in [0.4, 0.5) is 0 Å². The second-order valence-electron chi connectivity index (χ2n) is 4.19. The topological polar surface area (TPSA) is 24.1 Å². The molecule has 1 N–H and O–H groups in total. The van der Waals surface area contributed by atoms with Gasteiger partial charge in [-0.25, -0.2) is 4.57 Å². The minimum atomic E-state index is 0. The zero-order valence-corrected chi connectivity index (χ0v) is 11.9.